The molecule has 1 N–H and O–H groups in total. The van der Waals surface area contributed by atoms with Crippen molar-refractivity contribution in [3.05, 3.63) is 28.2 Å². The molecule has 2 nitrogen and oxygen atoms in total. The second kappa shape index (κ2) is 6.94. The van der Waals surface area contributed by atoms with Crippen molar-refractivity contribution >= 4 is 27.7 Å². The van der Waals surface area contributed by atoms with Crippen LogP contribution in [0.5, 0.6) is 0 Å². The molecule has 1 fully saturated rings. The van der Waals surface area contributed by atoms with Crippen LogP contribution in [0.4, 0.5) is 0 Å². The Bertz CT molecular complexity index is 391. The molecule has 1 saturated carbocycles. The van der Waals surface area contributed by atoms with Gasteiger partial charge in [-0.15, -0.1) is 11.8 Å². The highest BCUT2D eigenvalue weighted by atomic mass is 79.9. The predicted molar refractivity (Wildman–Crippen MR) is 83.3 cm³/mol. The second-order valence-electron chi connectivity index (χ2n) is 5.07. The van der Waals surface area contributed by atoms with Crippen molar-refractivity contribution in [3.63, 3.8) is 0 Å². The molecule has 1 aromatic carbocycles. The molecule has 0 atom stereocenters. The molecular weight excluding hydrogens is 308 g/mol. The Morgan fingerprint density at radius 2 is 2.17 bits per heavy atom. The molecule has 4 heteroatoms. The minimum Gasteiger partial charge on any atom is -0.310 e. The van der Waals surface area contributed by atoms with Crippen LogP contribution in [0.2, 0.25) is 0 Å². The third-order valence-electron chi connectivity index (χ3n) is 2.96. The van der Waals surface area contributed by atoms with E-state index in [4.69, 9.17) is 0 Å². The zero-order valence-corrected chi connectivity index (χ0v) is 13.5. The van der Waals surface area contributed by atoms with E-state index in [1.165, 1.54) is 27.8 Å². The van der Waals surface area contributed by atoms with Gasteiger partial charge in [-0.25, -0.2) is 0 Å². The number of hydrogen-bond donors (Lipinski definition) is 1. The van der Waals surface area contributed by atoms with Crippen molar-refractivity contribution in [1.82, 2.24) is 10.2 Å². The predicted octanol–water partition coefficient (Wildman–Crippen LogP) is 3.35. The van der Waals surface area contributed by atoms with Crippen LogP contribution < -0.4 is 5.32 Å². The van der Waals surface area contributed by atoms with Crippen LogP contribution in [0.1, 0.15) is 18.4 Å². The lowest BCUT2D eigenvalue weighted by Crippen LogP contribution is -2.15. The molecule has 0 spiro atoms. The first-order valence-electron chi connectivity index (χ1n) is 6.44. The minimum atomic E-state index is 0.776. The Balaban J connectivity index is 1.83. The number of rotatable bonds is 7. The van der Waals surface area contributed by atoms with Crippen molar-refractivity contribution in [2.45, 2.75) is 30.3 Å². The number of benzene rings is 1. The summed E-state index contributed by atoms with van der Waals surface area (Å²) < 4.78 is 1.22. The summed E-state index contributed by atoms with van der Waals surface area (Å²) in [4.78, 5) is 3.56. The fraction of sp³-hybridized carbons (Fsp3) is 0.571. The SMILES string of the molecule is CN(C)CCSc1ccc(CNC2CC2)cc1Br. The van der Waals surface area contributed by atoms with Gasteiger partial charge in [0.05, 0.1) is 0 Å². The molecule has 18 heavy (non-hydrogen) atoms. The molecule has 100 valence electrons. The Labute approximate surface area is 123 Å². The average molecular weight is 329 g/mol. The van der Waals surface area contributed by atoms with E-state index in [1.54, 1.807) is 0 Å². The smallest absolute Gasteiger partial charge is 0.0314 e. The molecule has 1 aromatic rings. The van der Waals surface area contributed by atoms with Gasteiger partial charge >= 0.3 is 0 Å². The summed E-state index contributed by atoms with van der Waals surface area (Å²) in [6, 6.07) is 7.48. The van der Waals surface area contributed by atoms with E-state index in [1.807, 2.05) is 11.8 Å². The molecule has 0 saturated heterocycles. The van der Waals surface area contributed by atoms with E-state index in [2.05, 4.69) is 58.4 Å². The van der Waals surface area contributed by atoms with E-state index in [0.29, 0.717) is 0 Å². The van der Waals surface area contributed by atoms with Crippen molar-refractivity contribution in [2.75, 3.05) is 26.4 Å². The van der Waals surface area contributed by atoms with Crippen molar-refractivity contribution in [1.29, 1.82) is 0 Å². The molecule has 0 bridgehead atoms. The standard InChI is InChI=1S/C14H21BrN2S/c1-17(2)7-8-18-14-6-3-11(9-13(14)15)10-16-12-4-5-12/h3,6,9,12,16H,4-5,7-8,10H2,1-2H3. The zero-order valence-electron chi connectivity index (χ0n) is 11.1. The summed E-state index contributed by atoms with van der Waals surface area (Å²) in [6.07, 6.45) is 2.69. The van der Waals surface area contributed by atoms with Gasteiger partial charge in [0, 0.05) is 34.3 Å². The molecular formula is C14H21BrN2S. The average Bonchev–Trinajstić information content (AvgIpc) is 3.12. The molecule has 0 aliphatic heterocycles. The van der Waals surface area contributed by atoms with E-state index in [9.17, 15) is 0 Å². The summed E-state index contributed by atoms with van der Waals surface area (Å²) in [5, 5.41) is 3.54. The lowest BCUT2D eigenvalue weighted by atomic mass is 10.2. The summed E-state index contributed by atoms with van der Waals surface area (Å²) in [5.41, 5.74) is 1.37. The number of nitrogens with zero attached hydrogens (tertiary/aromatic N) is 1. The monoisotopic (exact) mass is 328 g/mol. The van der Waals surface area contributed by atoms with Gasteiger partial charge in [-0.1, -0.05) is 6.07 Å². The minimum absolute atomic E-state index is 0.776. The summed E-state index contributed by atoms with van der Waals surface area (Å²) in [6.45, 7) is 2.11. The van der Waals surface area contributed by atoms with Crippen LogP contribution in [0.25, 0.3) is 0 Å². The van der Waals surface area contributed by atoms with Gasteiger partial charge in [0.1, 0.15) is 0 Å². The first-order valence-corrected chi connectivity index (χ1v) is 8.22. The van der Waals surface area contributed by atoms with E-state index >= 15 is 0 Å². The van der Waals surface area contributed by atoms with Crippen molar-refractivity contribution in [3.8, 4) is 0 Å². The highest BCUT2D eigenvalue weighted by molar-refractivity contribution is 9.10. The van der Waals surface area contributed by atoms with Crippen LogP contribution in [-0.4, -0.2) is 37.3 Å². The maximum absolute atomic E-state index is 3.67. The number of nitrogens with one attached hydrogen (secondary N) is 1. The third-order valence-corrected chi connectivity index (χ3v) is 4.94. The lowest BCUT2D eigenvalue weighted by Gasteiger charge is -2.11. The Morgan fingerprint density at radius 3 is 2.78 bits per heavy atom. The molecule has 0 aromatic heterocycles. The Hall–Kier alpha value is -0.0300. The zero-order chi connectivity index (χ0) is 13.0. The van der Waals surface area contributed by atoms with E-state index in [-0.39, 0.29) is 0 Å². The van der Waals surface area contributed by atoms with Crippen LogP contribution >= 0.6 is 27.7 Å². The molecule has 2 rings (SSSR count). The molecule has 1 aliphatic carbocycles. The van der Waals surface area contributed by atoms with Gasteiger partial charge < -0.3 is 10.2 Å². The summed E-state index contributed by atoms with van der Waals surface area (Å²) in [5.74, 6) is 1.13. The molecule has 0 unspecified atom stereocenters. The quantitative estimate of drug-likeness (QED) is 0.773. The summed E-state index contributed by atoms with van der Waals surface area (Å²) in [7, 11) is 4.23. The fourth-order valence-corrected chi connectivity index (χ4v) is 3.47. The normalized spacial score (nSPS) is 15.3. The first-order chi connectivity index (χ1) is 8.65. The maximum atomic E-state index is 3.67. The van der Waals surface area contributed by atoms with Crippen LogP contribution in [0, 0.1) is 0 Å². The van der Waals surface area contributed by atoms with E-state index in [0.717, 1.165) is 24.9 Å². The van der Waals surface area contributed by atoms with Gasteiger partial charge in [-0.3, -0.25) is 0 Å². The van der Waals surface area contributed by atoms with Crippen LogP contribution in [-0.2, 0) is 6.54 Å². The van der Waals surface area contributed by atoms with E-state index < -0.39 is 0 Å². The Kier molecular flexibility index (Phi) is 5.55. The second-order valence-corrected chi connectivity index (χ2v) is 7.06. The van der Waals surface area contributed by atoms with Gasteiger partial charge in [0.15, 0.2) is 0 Å². The first kappa shape index (κ1) is 14.4. The Morgan fingerprint density at radius 1 is 1.39 bits per heavy atom. The van der Waals surface area contributed by atoms with Gasteiger partial charge in [-0.05, 0) is 60.6 Å². The van der Waals surface area contributed by atoms with Crippen LogP contribution in [0.3, 0.4) is 0 Å². The van der Waals surface area contributed by atoms with Crippen LogP contribution in [0.15, 0.2) is 27.6 Å². The molecule has 0 heterocycles. The fourth-order valence-electron chi connectivity index (χ4n) is 1.66. The van der Waals surface area contributed by atoms with Crippen molar-refractivity contribution in [2.24, 2.45) is 0 Å². The molecule has 1 aliphatic rings. The largest absolute Gasteiger partial charge is 0.310 e. The van der Waals surface area contributed by atoms with Gasteiger partial charge in [0.2, 0.25) is 0 Å². The third kappa shape index (κ3) is 4.92. The lowest BCUT2D eigenvalue weighted by molar-refractivity contribution is 0.437. The maximum Gasteiger partial charge on any atom is 0.0314 e. The number of hydrogen-bond acceptors (Lipinski definition) is 3. The summed E-state index contributed by atoms with van der Waals surface area (Å²) >= 11 is 5.59. The van der Waals surface area contributed by atoms with Gasteiger partial charge in [-0.2, -0.15) is 0 Å². The topological polar surface area (TPSA) is 15.3 Å². The van der Waals surface area contributed by atoms with Gasteiger partial charge in [0.25, 0.3) is 0 Å². The molecule has 0 radical (unpaired) electrons. The number of halogens is 1. The highest BCUT2D eigenvalue weighted by Gasteiger charge is 2.19. The number of thioether (sulfide) groups is 1. The molecule has 0 amide bonds. The van der Waals surface area contributed by atoms with Crippen molar-refractivity contribution < 1.29 is 0 Å². The highest BCUT2D eigenvalue weighted by Crippen LogP contribution is 2.28.